The molecule has 0 bridgehead atoms. The summed E-state index contributed by atoms with van der Waals surface area (Å²) < 4.78 is 10.4. The van der Waals surface area contributed by atoms with E-state index in [1.807, 2.05) is 12.1 Å². The lowest BCUT2D eigenvalue weighted by molar-refractivity contribution is -0.134. The molecule has 1 aromatic carbocycles. The summed E-state index contributed by atoms with van der Waals surface area (Å²) in [7, 11) is 0. The molecule has 0 unspecified atom stereocenters. The zero-order valence-electron chi connectivity index (χ0n) is 13.8. The van der Waals surface area contributed by atoms with Crippen LogP contribution in [0.25, 0.3) is 0 Å². The predicted molar refractivity (Wildman–Crippen MR) is 86.1 cm³/mol. The van der Waals surface area contributed by atoms with Crippen molar-refractivity contribution < 1.29 is 19.1 Å². The summed E-state index contributed by atoms with van der Waals surface area (Å²) in [5.41, 5.74) is 0.907. The number of benzene rings is 1. The molecule has 0 saturated heterocycles. The summed E-state index contributed by atoms with van der Waals surface area (Å²) >= 11 is 0. The number of aryl methyl sites for hydroxylation is 1. The first-order valence-electron chi connectivity index (χ1n) is 8.03. The van der Waals surface area contributed by atoms with Gasteiger partial charge in [0, 0.05) is 13.8 Å². The van der Waals surface area contributed by atoms with Gasteiger partial charge < -0.3 is 9.47 Å². The average Bonchev–Trinajstić information content (AvgIpc) is 2.44. The number of ether oxygens (including phenoxy) is 2. The molecule has 0 saturated carbocycles. The number of para-hydroxylation sites is 1. The topological polar surface area (TPSA) is 52.6 Å². The van der Waals surface area contributed by atoms with Crippen molar-refractivity contribution in [2.24, 2.45) is 0 Å². The van der Waals surface area contributed by atoms with Gasteiger partial charge >= 0.3 is 11.9 Å². The Morgan fingerprint density at radius 1 is 0.909 bits per heavy atom. The molecule has 4 nitrogen and oxygen atoms in total. The highest BCUT2D eigenvalue weighted by molar-refractivity contribution is 5.74. The van der Waals surface area contributed by atoms with Crippen LogP contribution in [0.3, 0.4) is 0 Å². The summed E-state index contributed by atoms with van der Waals surface area (Å²) in [6.45, 7) is 4.88. The average molecular weight is 306 g/mol. The fourth-order valence-corrected chi connectivity index (χ4v) is 2.35. The first-order chi connectivity index (χ1) is 10.5. The van der Waals surface area contributed by atoms with E-state index >= 15 is 0 Å². The Morgan fingerprint density at radius 2 is 1.55 bits per heavy atom. The number of hydrogen-bond donors (Lipinski definition) is 0. The van der Waals surface area contributed by atoms with Crippen LogP contribution in [0.2, 0.25) is 0 Å². The van der Waals surface area contributed by atoms with Crippen LogP contribution >= 0.6 is 0 Å². The zero-order chi connectivity index (χ0) is 16.4. The fraction of sp³-hybridized carbons (Fsp3) is 0.556. The molecular weight excluding hydrogens is 280 g/mol. The molecule has 0 heterocycles. The summed E-state index contributed by atoms with van der Waals surface area (Å²) in [5, 5.41) is 0. The summed E-state index contributed by atoms with van der Waals surface area (Å²) in [5.74, 6) is -0.154. The molecule has 22 heavy (non-hydrogen) atoms. The third-order valence-corrected chi connectivity index (χ3v) is 3.36. The number of unbranched alkanes of at least 4 members (excludes halogenated alkanes) is 5. The molecule has 1 rings (SSSR count). The normalized spacial score (nSPS) is 10.3. The Bertz CT molecular complexity index is 494. The Balaban J connectivity index is 2.70. The van der Waals surface area contributed by atoms with Crippen molar-refractivity contribution in [3.05, 3.63) is 23.8 Å². The minimum absolute atomic E-state index is 0.311. The summed E-state index contributed by atoms with van der Waals surface area (Å²) in [4.78, 5) is 22.4. The molecular formula is C18H26O4. The third-order valence-electron chi connectivity index (χ3n) is 3.36. The van der Waals surface area contributed by atoms with E-state index in [9.17, 15) is 9.59 Å². The number of carbonyl (C=O) groups is 2. The van der Waals surface area contributed by atoms with Gasteiger partial charge in [-0.15, -0.1) is 0 Å². The quantitative estimate of drug-likeness (QED) is 0.384. The Hall–Kier alpha value is -1.84. The van der Waals surface area contributed by atoms with E-state index in [1.54, 1.807) is 6.07 Å². The highest BCUT2D eigenvalue weighted by Gasteiger charge is 2.14. The van der Waals surface area contributed by atoms with E-state index in [0.29, 0.717) is 11.5 Å². The number of esters is 2. The van der Waals surface area contributed by atoms with Crippen molar-refractivity contribution in [3.63, 3.8) is 0 Å². The Labute approximate surface area is 132 Å². The largest absolute Gasteiger partial charge is 0.423 e. The second kappa shape index (κ2) is 9.98. The van der Waals surface area contributed by atoms with Gasteiger partial charge in [-0.05, 0) is 24.5 Å². The van der Waals surface area contributed by atoms with Gasteiger partial charge in [0.15, 0.2) is 11.5 Å². The Morgan fingerprint density at radius 3 is 2.18 bits per heavy atom. The molecule has 0 N–H and O–H groups in total. The smallest absolute Gasteiger partial charge is 0.308 e. The maximum Gasteiger partial charge on any atom is 0.308 e. The van der Waals surface area contributed by atoms with Crippen molar-refractivity contribution in [2.75, 3.05) is 0 Å². The summed E-state index contributed by atoms with van der Waals surface area (Å²) in [6, 6.07) is 5.37. The highest BCUT2D eigenvalue weighted by atomic mass is 16.6. The van der Waals surface area contributed by atoms with Crippen LogP contribution in [-0.2, 0) is 16.0 Å². The standard InChI is InChI=1S/C18H26O4/c1-4-5-6-7-8-9-11-16-12-10-13-17(21-14(2)19)18(16)22-15(3)20/h10,12-13H,4-9,11H2,1-3H3. The van der Waals surface area contributed by atoms with Gasteiger partial charge in [0.2, 0.25) is 0 Å². The molecule has 0 fully saturated rings. The first-order valence-corrected chi connectivity index (χ1v) is 8.03. The molecule has 0 aliphatic heterocycles. The fourth-order valence-electron chi connectivity index (χ4n) is 2.35. The second-order valence-electron chi connectivity index (χ2n) is 5.45. The number of rotatable bonds is 9. The monoisotopic (exact) mass is 306 g/mol. The van der Waals surface area contributed by atoms with Gasteiger partial charge in [-0.3, -0.25) is 9.59 Å². The van der Waals surface area contributed by atoms with Crippen LogP contribution in [0.4, 0.5) is 0 Å². The number of hydrogen-bond acceptors (Lipinski definition) is 4. The van der Waals surface area contributed by atoms with Crippen LogP contribution in [0, 0.1) is 0 Å². The zero-order valence-corrected chi connectivity index (χ0v) is 13.8. The van der Waals surface area contributed by atoms with Gasteiger partial charge in [-0.1, -0.05) is 51.2 Å². The van der Waals surface area contributed by atoms with E-state index in [0.717, 1.165) is 24.8 Å². The van der Waals surface area contributed by atoms with Crippen LogP contribution in [-0.4, -0.2) is 11.9 Å². The molecule has 0 amide bonds. The van der Waals surface area contributed by atoms with Crippen molar-refractivity contribution in [2.45, 2.75) is 65.7 Å². The molecule has 0 aliphatic carbocycles. The molecule has 0 aromatic heterocycles. The summed E-state index contributed by atoms with van der Waals surface area (Å²) in [6.07, 6.45) is 7.99. The minimum atomic E-state index is -0.426. The lowest BCUT2D eigenvalue weighted by atomic mass is 10.0. The van der Waals surface area contributed by atoms with Crippen LogP contribution in [0.5, 0.6) is 11.5 Å². The van der Waals surface area contributed by atoms with Crippen LogP contribution < -0.4 is 9.47 Å². The van der Waals surface area contributed by atoms with E-state index < -0.39 is 11.9 Å². The van der Waals surface area contributed by atoms with Gasteiger partial charge in [0.25, 0.3) is 0 Å². The van der Waals surface area contributed by atoms with Crippen molar-refractivity contribution in [1.29, 1.82) is 0 Å². The molecule has 0 atom stereocenters. The molecule has 122 valence electrons. The van der Waals surface area contributed by atoms with E-state index in [2.05, 4.69) is 6.92 Å². The van der Waals surface area contributed by atoms with Crippen LogP contribution in [0.15, 0.2) is 18.2 Å². The van der Waals surface area contributed by atoms with E-state index in [1.165, 1.54) is 39.5 Å². The van der Waals surface area contributed by atoms with Crippen molar-refractivity contribution >= 4 is 11.9 Å². The number of carbonyl (C=O) groups excluding carboxylic acids is 2. The van der Waals surface area contributed by atoms with Crippen molar-refractivity contribution in [1.82, 2.24) is 0 Å². The molecule has 0 radical (unpaired) electrons. The lowest BCUT2D eigenvalue weighted by Gasteiger charge is -2.13. The van der Waals surface area contributed by atoms with Gasteiger partial charge in [-0.2, -0.15) is 0 Å². The SMILES string of the molecule is CCCCCCCCc1cccc(OC(C)=O)c1OC(C)=O. The molecule has 0 aliphatic rings. The maximum absolute atomic E-state index is 11.3. The maximum atomic E-state index is 11.3. The lowest BCUT2D eigenvalue weighted by Crippen LogP contribution is -2.09. The predicted octanol–water partition coefficient (Wildman–Crippen LogP) is 4.44. The minimum Gasteiger partial charge on any atom is -0.423 e. The van der Waals surface area contributed by atoms with Crippen LogP contribution in [0.1, 0.15) is 64.9 Å². The second-order valence-corrected chi connectivity index (χ2v) is 5.45. The highest BCUT2D eigenvalue weighted by Crippen LogP contribution is 2.33. The van der Waals surface area contributed by atoms with E-state index in [4.69, 9.17) is 9.47 Å². The van der Waals surface area contributed by atoms with Gasteiger partial charge in [0.05, 0.1) is 0 Å². The Kier molecular flexibility index (Phi) is 8.26. The third kappa shape index (κ3) is 6.74. The van der Waals surface area contributed by atoms with Gasteiger partial charge in [0.1, 0.15) is 0 Å². The molecule has 4 heteroatoms. The van der Waals surface area contributed by atoms with Gasteiger partial charge in [-0.25, -0.2) is 0 Å². The van der Waals surface area contributed by atoms with Crippen molar-refractivity contribution in [3.8, 4) is 11.5 Å². The van der Waals surface area contributed by atoms with E-state index in [-0.39, 0.29) is 0 Å². The molecule has 0 spiro atoms. The molecule has 1 aromatic rings. The first kappa shape index (κ1) is 18.2.